The molecule has 0 unspecified atom stereocenters. The molecule has 0 radical (unpaired) electrons. The van der Waals surface area contributed by atoms with Crippen molar-refractivity contribution in [1.82, 2.24) is 0 Å². The second-order valence-electron chi connectivity index (χ2n) is 2.21. The maximum Gasteiger partial charge on any atom is 0.331 e. The Balaban J connectivity index is -0.000000214. The molecule has 0 bridgehead atoms. The van der Waals surface area contributed by atoms with E-state index < -0.39 is 24.3 Å². The third kappa shape index (κ3) is 14.7. The predicted molar refractivity (Wildman–Crippen MR) is 58.5 cm³/mol. The SMILES string of the molecule is C=C(CC(=O)O)C(=O)O.C=CC(=O)OC.Cl. The van der Waals surface area contributed by atoms with E-state index in [2.05, 4.69) is 17.9 Å². The van der Waals surface area contributed by atoms with Gasteiger partial charge in [-0.25, -0.2) is 9.59 Å². The smallest absolute Gasteiger partial charge is 0.331 e. The number of rotatable bonds is 4. The Kier molecular flexibility index (Phi) is 13.9. The van der Waals surface area contributed by atoms with Crippen LogP contribution in [0.5, 0.6) is 0 Å². The molecule has 0 aromatic heterocycles. The highest BCUT2D eigenvalue weighted by Gasteiger charge is 2.07. The molecule has 0 aromatic rings. The van der Waals surface area contributed by atoms with Gasteiger partial charge in [-0.1, -0.05) is 13.2 Å². The van der Waals surface area contributed by atoms with Crippen molar-refractivity contribution in [3.63, 3.8) is 0 Å². The molecule has 0 fully saturated rings. The van der Waals surface area contributed by atoms with Gasteiger partial charge in [0, 0.05) is 11.6 Å². The number of hydrogen-bond acceptors (Lipinski definition) is 4. The summed E-state index contributed by atoms with van der Waals surface area (Å²) >= 11 is 0. The van der Waals surface area contributed by atoms with Gasteiger partial charge in [0.05, 0.1) is 13.5 Å². The lowest BCUT2D eigenvalue weighted by atomic mass is 10.2. The molecule has 0 atom stereocenters. The highest BCUT2D eigenvalue weighted by molar-refractivity contribution is 5.91. The van der Waals surface area contributed by atoms with Gasteiger partial charge in [0.25, 0.3) is 0 Å². The van der Waals surface area contributed by atoms with E-state index in [1.54, 1.807) is 0 Å². The van der Waals surface area contributed by atoms with Gasteiger partial charge in [-0.3, -0.25) is 4.79 Å². The number of halogens is 1. The largest absolute Gasteiger partial charge is 0.481 e. The number of esters is 1. The van der Waals surface area contributed by atoms with Crippen molar-refractivity contribution >= 4 is 30.3 Å². The van der Waals surface area contributed by atoms with E-state index in [9.17, 15) is 14.4 Å². The van der Waals surface area contributed by atoms with Crippen LogP contribution in [-0.2, 0) is 19.1 Å². The van der Waals surface area contributed by atoms with Crippen LogP contribution in [0.1, 0.15) is 6.42 Å². The summed E-state index contributed by atoms with van der Waals surface area (Å²) in [5.41, 5.74) is -0.303. The molecule has 0 spiro atoms. The average molecular weight is 253 g/mol. The molecule has 0 aliphatic carbocycles. The summed E-state index contributed by atoms with van der Waals surface area (Å²) in [6.45, 7) is 6.17. The predicted octanol–water partition coefficient (Wildman–Crippen LogP) is 0.869. The normalized spacial score (nSPS) is 7.31. The second kappa shape index (κ2) is 11.3. The maximum absolute atomic E-state index is 9.87. The Hall–Kier alpha value is -1.82. The lowest BCUT2D eigenvalue weighted by Gasteiger charge is -1.91. The molecule has 6 nitrogen and oxygen atoms in total. The quantitative estimate of drug-likeness (QED) is 0.569. The zero-order valence-corrected chi connectivity index (χ0v) is 9.45. The summed E-state index contributed by atoms with van der Waals surface area (Å²) in [4.78, 5) is 29.5. The highest BCUT2D eigenvalue weighted by atomic mass is 35.5. The Morgan fingerprint density at radius 3 is 1.81 bits per heavy atom. The van der Waals surface area contributed by atoms with Crippen molar-refractivity contribution in [2.75, 3.05) is 7.11 Å². The van der Waals surface area contributed by atoms with Crippen LogP contribution in [0.25, 0.3) is 0 Å². The van der Waals surface area contributed by atoms with Crippen molar-refractivity contribution in [3.8, 4) is 0 Å². The number of aliphatic carboxylic acids is 2. The van der Waals surface area contributed by atoms with E-state index >= 15 is 0 Å². The van der Waals surface area contributed by atoms with E-state index in [-0.39, 0.29) is 18.0 Å². The van der Waals surface area contributed by atoms with E-state index in [4.69, 9.17) is 10.2 Å². The van der Waals surface area contributed by atoms with Crippen LogP contribution in [-0.4, -0.2) is 35.2 Å². The molecule has 7 heteroatoms. The van der Waals surface area contributed by atoms with Gasteiger partial charge in [-0.15, -0.1) is 12.4 Å². The van der Waals surface area contributed by atoms with Gasteiger partial charge in [0.1, 0.15) is 0 Å². The number of ether oxygens (including phenoxy) is 1. The van der Waals surface area contributed by atoms with E-state index in [0.29, 0.717) is 0 Å². The molecule has 92 valence electrons. The standard InChI is InChI=1S/C5H6O4.C4H6O2.ClH/c1-3(5(8)9)2-4(6)7;1-3-4(5)6-2;/h1-2H2,(H,6,7)(H,8,9);3H,1H2,2H3;1H. The van der Waals surface area contributed by atoms with E-state index in [1.807, 2.05) is 0 Å². The number of methoxy groups -OCH3 is 1. The Morgan fingerprint density at radius 2 is 1.75 bits per heavy atom. The molecule has 0 heterocycles. The van der Waals surface area contributed by atoms with Crippen molar-refractivity contribution < 1.29 is 29.3 Å². The van der Waals surface area contributed by atoms with Crippen molar-refractivity contribution in [2.24, 2.45) is 0 Å². The van der Waals surface area contributed by atoms with Crippen LogP contribution < -0.4 is 0 Å². The maximum atomic E-state index is 9.87. The number of carbonyl (C=O) groups excluding carboxylic acids is 1. The second-order valence-corrected chi connectivity index (χ2v) is 2.21. The van der Waals surface area contributed by atoms with E-state index in [0.717, 1.165) is 6.08 Å². The zero-order chi connectivity index (χ0) is 12.4. The van der Waals surface area contributed by atoms with Crippen molar-refractivity contribution in [2.45, 2.75) is 6.42 Å². The first kappa shape index (κ1) is 19.7. The summed E-state index contributed by atoms with van der Waals surface area (Å²) in [5, 5.41) is 16.1. The fraction of sp³-hybridized carbons (Fsp3) is 0.222. The first-order valence-corrected chi connectivity index (χ1v) is 3.68. The van der Waals surface area contributed by atoms with Gasteiger partial charge in [-0.2, -0.15) is 0 Å². The van der Waals surface area contributed by atoms with Gasteiger partial charge >= 0.3 is 17.9 Å². The third-order valence-electron chi connectivity index (χ3n) is 1.03. The van der Waals surface area contributed by atoms with Gasteiger partial charge in [0.15, 0.2) is 0 Å². The summed E-state index contributed by atoms with van der Waals surface area (Å²) in [7, 11) is 1.31. The van der Waals surface area contributed by atoms with Gasteiger partial charge in [-0.05, 0) is 0 Å². The molecule has 0 saturated carbocycles. The average Bonchev–Trinajstić information content (AvgIpc) is 2.16. The molecular formula is C9H13ClO6. The fourth-order valence-corrected chi connectivity index (χ4v) is 0.341. The van der Waals surface area contributed by atoms with Crippen LogP contribution in [0.4, 0.5) is 0 Å². The van der Waals surface area contributed by atoms with Crippen LogP contribution in [0, 0.1) is 0 Å². The first-order valence-electron chi connectivity index (χ1n) is 3.68. The molecule has 0 aliphatic heterocycles. The van der Waals surface area contributed by atoms with Crippen LogP contribution in [0.3, 0.4) is 0 Å². The van der Waals surface area contributed by atoms with Crippen molar-refractivity contribution in [1.29, 1.82) is 0 Å². The highest BCUT2D eigenvalue weighted by Crippen LogP contribution is 1.95. The van der Waals surface area contributed by atoms with Gasteiger partial charge in [0.2, 0.25) is 0 Å². The Labute approximate surface area is 98.6 Å². The van der Waals surface area contributed by atoms with Crippen molar-refractivity contribution in [3.05, 3.63) is 24.8 Å². The zero-order valence-electron chi connectivity index (χ0n) is 8.63. The summed E-state index contributed by atoms with van der Waals surface area (Å²) in [6, 6.07) is 0. The topological polar surface area (TPSA) is 101 Å². The molecule has 0 saturated heterocycles. The summed E-state index contributed by atoms with van der Waals surface area (Å²) < 4.78 is 4.14. The lowest BCUT2D eigenvalue weighted by molar-refractivity contribution is -0.139. The molecule has 0 aromatic carbocycles. The molecule has 16 heavy (non-hydrogen) atoms. The Morgan fingerprint density at radius 1 is 1.31 bits per heavy atom. The Bertz CT molecular complexity index is 284. The molecule has 0 amide bonds. The van der Waals surface area contributed by atoms with Crippen LogP contribution in [0.2, 0.25) is 0 Å². The molecular weight excluding hydrogens is 240 g/mol. The fourth-order valence-electron chi connectivity index (χ4n) is 0.341. The third-order valence-corrected chi connectivity index (χ3v) is 1.03. The lowest BCUT2D eigenvalue weighted by Crippen LogP contribution is -2.04. The van der Waals surface area contributed by atoms with E-state index in [1.165, 1.54) is 7.11 Å². The summed E-state index contributed by atoms with van der Waals surface area (Å²) in [5.74, 6) is -2.84. The minimum absolute atomic E-state index is 0. The summed E-state index contributed by atoms with van der Waals surface area (Å²) in [6.07, 6.45) is 0.606. The number of carboxylic acid groups (broad SMARTS) is 2. The monoisotopic (exact) mass is 252 g/mol. The molecule has 0 rings (SSSR count). The van der Waals surface area contributed by atoms with Crippen LogP contribution in [0.15, 0.2) is 24.8 Å². The van der Waals surface area contributed by atoms with Crippen LogP contribution >= 0.6 is 12.4 Å². The number of carbonyl (C=O) groups is 3. The minimum atomic E-state index is -1.27. The first-order chi connectivity index (χ1) is 6.84. The molecule has 0 aliphatic rings. The van der Waals surface area contributed by atoms with Gasteiger partial charge < -0.3 is 14.9 Å². The number of hydrogen-bond donors (Lipinski definition) is 2. The minimum Gasteiger partial charge on any atom is -0.481 e. The number of carboxylic acids is 2. The molecule has 2 N–H and O–H groups in total.